The zero-order chi connectivity index (χ0) is 8.27. The van der Waals surface area contributed by atoms with Gasteiger partial charge in [-0.1, -0.05) is 0 Å². The molecule has 5 nitrogen and oxygen atoms in total. The van der Waals surface area contributed by atoms with Crippen LogP contribution in [0.15, 0.2) is 0 Å². The number of aliphatic carboxylic acids is 1. The third-order valence-electron chi connectivity index (χ3n) is 1.69. The molecule has 62 valence electrons. The maximum Gasteiger partial charge on any atom is 0.230 e. The highest BCUT2D eigenvalue weighted by Gasteiger charge is 2.21. The van der Waals surface area contributed by atoms with E-state index in [1.165, 1.54) is 0 Å². The lowest BCUT2D eigenvalue weighted by Gasteiger charge is -2.10. The molecule has 0 aromatic heterocycles. The van der Waals surface area contributed by atoms with E-state index >= 15 is 0 Å². The van der Waals surface area contributed by atoms with Crippen molar-refractivity contribution in [1.82, 2.24) is 5.32 Å². The summed E-state index contributed by atoms with van der Waals surface area (Å²) in [6.45, 7) is 0.763. The van der Waals surface area contributed by atoms with Gasteiger partial charge in [-0.25, -0.2) is 0 Å². The van der Waals surface area contributed by atoms with Gasteiger partial charge in [-0.15, -0.1) is 0 Å². The molecule has 0 saturated carbocycles. The van der Waals surface area contributed by atoms with Gasteiger partial charge in [-0.3, -0.25) is 10.3 Å². The van der Waals surface area contributed by atoms with Gasteiger partial charge in [-0.2, -0.15) is 0 Å². The minimum Gasteiger partial charge on any atom is -0.544 e. The van der Waals surface area contributed by atoms with Gasteiger partial charge in [0.25, 0.3) is 0 Å². The van der Waals surface area contributed by atoms with Gasteiger partial charge in [-0.05, 0) is 0 Å². The summed E-state index contributed by atoms with van der Waals surface area (Å²) >= 11 is 0. The van der Waals surface area contributed by atoms with E-state index in [4.69, 9.17) is 0 Å². The van der Waals surface area contributed by atoms with Gasteiger partial charge < -0.3 is 15.6 Å². The number of carboxylic acid groups (broad SMARTS) is 1. The highest BCUT2D eigenvalue weighted by atomic mass is 16.4. The molecule has 2 unspecified atom stereocenters. The molecule has 1 heterocycles. The van der Waals surface area contributed by atoms with Gasteiger partial charge in [0, 0.05) is 6.42 Å². The number of hydrogen-bond donors (Lipinski definition) is 3. The molecule has 5 N–H and O–H groups in total. The van der Waals surface area contributed by atoms with Crippen LogP contribution in [-0.4, -0.2) is 30.9 Å². The van der Waals surface area contributed by atoms with Gasteiger partial charge in [0.2, 0.25) is 6.34 Å². The SMILES string of the molecule is [NH3+]C(CC1C[NH+]=CN1)C(=O)[O-]. The molecule has 0 amide bonds. The number of hydrogen-bond acceptors (Lipinski definition) is 3. The van der Waals surface area contributed by atoms with Crippen LogP contribution >= 0.6 is 0 Å². The maximum absolute atomic E-state index is 10.3. The Morgan fingerprint density at radius 3 is 3.18 bits per heavy atom. The molecule has 0 aromatic carbocycles. The topological polar surface area (TPSA) is 93.8 Å². The largest absolute Gasteiger partial charge is 0.544 e. The second-order valence-corrected chi connectivity index (χ2v) is 2.67. The maximum atomic E-state index is 10.3. The fourth-order valence-electron chi connectivity index (χ4n) is 1.03. The summed E-state index contributed by atoms with van der Waals surface area (Å²) in [6.07, 6.45) is 2.22. The molecule has 0 saturated heterocycles. The average molecular weight is 158 g/mol. The first-order valence-electron chi connectivity index (χ1n) is 3.55. The first kappa shape index (κ1) is 8.00. The fourth-order valence-corrected chi connectivity index (χ4v) is 1.03. The lowest BCUT2D eigenvalue weighted by atomic mass is 10.1. The molecule has 0 spiro atoms. The molecule has 2 atom stereocenters. The van der Waals surface area contributed by atoms with Gasteiger partial charge >= 0.3 is 0 Å². The Bertz CT molecular complexity index is 173. The van der Waals surface area contributed by atoms with Crippen molar-refractivity contribution in [2.45, 2.75) is 18.5 Å². The second-order valence-electron chi connectivity index (χ2n) is 2.67. The third kappa shape index (κ3) is 2.19. The first-order chi connectivity index (χ1) is 5.20. The Hall–Kier alpha value is -1.10. The van der Waals surface area contributed by atoms with E-state index in [-0.39, 0.29) is 6.04 Å². The van der Waals surface area contributed by atoms with Crippen LogP contribution in [0.2, 0.25) is 0 Å². The molecule has 0 fully saturated rings. The molecular weight excluding hydrogens is 146 g/mol. The standard InChI is InChI=1S/C6H11N3O2/c7-5(6(10)11)1-4-2-8-3-9-4/h3-5H,1-2,7H2,(H,8,9)(H,10,11)/p+1. The van der Waals surface area contributed by atoms with E-state index in [1.807, 2.05) is 0 Å². The summed E-state index contributed by atoms with van der Waals surface area (Å²) < 4.78 is 0. The molecule has 0 aliphatic carbocycles. The van der Waals surface area contributed by atoms with Crippen LogP contribution in [0.1, 0.15) is 6.42 Å². The van der Waals surface area contributed by atoms with Crippen molar-refractivity contribution >= 4 is 12.3 Å². The van der Waals surface area contributed by atoms with Crippen LogP contribution in [0.3, 0.4) is 0 Å². The lowest BCUT2D eigenvalue weighted by molar-refractivity contribution is -0.454. The summed E-state index contributed by atoms with van der Waals surface area (Å²) in [5.74, 6) is -1.08. The Balaban J connectivity index is 2.25. The van der Waals surface area contributed by atoms with Crippen molar-refractivity contribution in [3.05, 3.63) is 0 Å². The number of quaternary nitrogens is 1. The molecule has 1 aliphatic heterocycles. The molecular formula is C6H12N3O2+. The van der Waals surface area contributed by atoms with Crippen molar-refractivity contribution in [2.24, 2.45) is 0 Å². The normalized spacial score (nSPS) is 24.6. The van der Waals surface area contributed by atoms with Crippen LogP contribution in [-0.2, 0) is 4.79 Å². The first-order valence-corrected chi connectivity index (χ1v) is 3.55. The van der Waals surface area contributed by atoms with E-state index in [1.54, 1.807) is 6.34 Å². The Morgan fingerprint density at radius 2 is 2.73 bits per heavy atom. The number of carboxylic acids is 1. The van der Waals surface area contributed by atoms with E-state index in [0.717, 1.165) is 6.54 Å². The number of nitrogens with one attached hydrogen (secondary N) is 2. The quantitative estimate of drug-likeness (QED) is 0.383. The molecule has 1 rings (SSSR count). The van der Waals surface area contributed by atoms with Crippen molar-refractivity contribution in [1.29, 1.82) is 0 Å². The van der Waals surface area contributed by atoms with E-state index in [0.29, 0.717) is 6.42 Å². The van der Waals surface area contributed by atoms with E-state index < -0.39 is 12.0 Å². The van der Waals surface area contributed by atoms with Gasteiger partial charge in [0.15, 0.2) is 0 Å². The summed E-state index contributed by atoms with van der Waals surface area (Å²) in [5, 5.41) is 13.2. The Morgan fingerprint density at radius 1 is 2.00 bits per heavy atom. The van der Waals surface area contributed by atoms with Crippen LogP contribution in [0.5, 0.6) is 0 Å². The van der Waals surface area contributed by atoms with E-state index in [9.17, 15) is 9.90 Å². The molecule has 0 aromatic rings. The summed E-state index contributed by atoms with van der Waals surface area (Å²) in [5.41, 5.74) is 3.46. The molecule has 5 heteroatoms. The van der Waals surface area contributed by atoms with Crippen molar-refractivity contribution in [2.75, 3.05) is 6.54 Å². The minimum absolute atomic E-state index is 0.176. The zero-order valence-corrected chi connectivity index (χ0v) is 6.17. The Labute approximate surface area is 64.3 Å². The summed E-state index contributed by atoms with van der Waals surface area (Å²) in [4.78, 5) is 13.2. The number of rotatable bonds is 3. The number of carbonyl (C=O) groups is 1. The second kappa shape index (κ2) is 3.34. The smallest absolute Gasteiger partial charge is 0.230 e. The highest BCUT2D eigenvalue weighted by Crippen LogP contribution is 1.91. The van der Waals surface area contributed by atoms with Crippen LogP contribution < -0.4 is 21.1 Å². The van der Waals surface area contributed by atoms with Crippen molar-refractivity contribution in [3.63, 3.8) is 0 Å². The van der Waals surface area contributed by atoms with Crippen LogP contribution in [0.25, 0.3) is 0 Å². The average Bonchev–Trinajstić information content (AvgIpc) is 2.39. The summed E-state index contributed by atoms with van der Waals surface area (Å²) in [7, 11) is 0. The molecule has 0 bridgehead atoms. The lowest BCUT2D eigenvalue weighted by Crippen LogP contribution is -2.71. The van der Waals surface area contributed by atoms with Gasteiger partial charge in [0.1, 0.15) is 18.6 Å². The predicted molar refractivity (Wildman–Crippen MR) is 35.1 cm³/mol. The Kier molecular flexibility index (Phi) is 2.43. The van der Waals surface area contributed by atoms with Gasteiger partial charge in [0.05, 0.1) is 5.97 Å². The van der Waals surface area contributed by atoms with Crippen molar-refractivity contribution in [3.8, 4) is 0 Å². The predicted octanol–water partition coefficient (Wildman–Crippen LogP) is -5.18. The monoisotopic (exact) mass is 158 g/mol. The van der Waals surface area contributed by atoms with Crippen molar-refractivity contribution < 1.29 is 20.6 Å². The van der Waals surface area contributed by atoms with Crippen LogP contribution in [0, 0.1) is 0 Å². The van der Waals surface area contributed by atoms with Crippen LogP contribution in [0.4, 0.5) is 0 Å². The minimum atomic E-state index is -1.08. The molecule has 1 aliphatic rings. The highest BCUT2D eigenvalue weighted by molar-refractivity contribution is 5.69. The zero-order valence-electron chi connectivity index (χ0n) is 6.17. The van der Waals surface area contributed by atoms with E-state index in [2.05, 4.69) is 16.0 Å². The number of carbonyl (C=O) groups excluding carboxylic acids is 1. The molecule has 11 heavy (non-hydrogen) atoms. The third-order valence-corrected chi connectivity index (χ3v) is 1.69. The fraction of sp³-hybridized carbons (Fsp3) is 0.667. The molecule has 0 radical (unpaired) electrons. The summed E-state index contributed by atoms with van der Waals surface area (Å²) in [6, 6.07) is -0.448.